The van der Waals surface area contributed by atoms with Crippen molar-refractivity contribution in [1.29, 1.82) is 0 Å². The Balaban J connectivity index is 1.79. The van der Waals surface area contributed by atoms with Crippen LogP contribution in [0.5, 0.6) is 0 Å². The average Bonchev–Trinajstić information content (AvgIpc) is 2.84. The Labute approximate surface area is 211 Å². The summed E-state index contributed by atoms with van der Waals surface area (Å²) in [6.45, 7) is 4.88. The van der Waals surface area contributed by atoms with E-state index in [9.17, 15) is 9.59 Å². The summed E-state index contributed by atoms with van der Waals surface area (Å²) in [6, 6.07) is 7.49. The van der Waals surface area contributed by atoms with Gasteiger partial charge in [0.25, 0.3) is 11.8 Å². The predicted octanol–water partition coefficient (Wildman–Crippen LogP) is 3.46. The normalized spacial score (nSPS) is 18.2. The third-order valence-corrected chi connectivity index (χ3v) is 6.80. The first-order valence-electron chi connectivity index (χ1n) is 11.8. The monoisotopic (exact) mass is 497 g/mol. The molecule has 0 saturated carbocycles. The zero-order valence-corrected chi connectivity index (χ0v) is 21.9. The van der Waals surface area contributed by atoms with Crippen LogP contribution in [0.15, 0.2) is 41.6 Å². The van der Waals surface area contributed by atoms with Crippen molar-refractivity contribution >= 4 is 40.9 Å². The second-order valence-electron chi connectivity index (χ2n) is 8.69. The van der Waals surface area contributed by atoms with Crippen molar-refractivity contribution in [2.24, 2.45) is 5.73 Å². The van der Waals surface area contributed by atoms with Crippen molar-refractivity contribution in [1.82, 2.24) is 15.3 Å². The Morgan fingerprint density at radius 3 is 2.60 bits per heavy atom. The average molecular weight is 498 g/mol. The predicted molar refractivity (Wildman–Crippen MR) is 144 cm³/mol. The second kappa shape index (κ2) is 11.9. The van der Waals surface area contributed by atoms with Crippen LogP contribution in [0.25, 0.3) is 0 Å². The van der Waals surface area contributed by atoms with Crippen molar-refractivity contribution in [2.75, 3.05) is 42.0 Å². The van der Waals surface area contributed by atoms with Gasteiger partial charge in [-0.15, -0.1) is 11.8 Å². The summed E-state index contributed by atoms with van der Waals surface area (Å²) in [7, 11) is 3.93. The molecule has 0 spiro atoms. The number of primary amides is 1. The van der Waals surface area contributed by atoms with E-state index in [-0.39, 0.29) is 23.7 Å². The van der Waals surface area contributed by atoms with E-state index in [1.54, 1.807) is 6.20 Å². The first kappa shape index (κ1) is 26.3. The summed E-state index contributed by atoms with van der Waals surface area (Å²) in [5.74, 6) is 0.237. The number of nitrogens with two attached hydrogens (primary N) is 1. The van der Waals surface area contributed by atoms with Gasteiger partial charge in [0.15, 0.2) is 11.5 Å². The van der Waals surface area contributed by atoms with Gasteiger partial charge < -0.3 is 26.2 Å². The van der Waals surface area contributed by atoms with Crippen LogP contribution in [0, 0.1) is 0 Å². The fourth-order valence-electron chi connectivity index (χ4n) is 4.10. The van der Waals surface area contributed by atoms with E-state index >= 15 is 0 Å². The Kier molecular flexibility index (Phi) is 8.97. The van der Waals surface area contributed by atoms with Gasteiger partial charge in [0.05, 0.1) is 11.2 Å². The van der Waals surface area contributed by atoms with E-state index in [1.165, 1.54) is 11.8 Å². The molecule has 0 radical (unpaired) electrons. The van der Waals surface area contributed by atoms with E-state index < -0.39 is 5.91 Å². The van der Waals surface area contributed by atoms with E-state index in [2.05, 4.69) is 27.4 Å². The maximum Gasteiger partial charge on any atom is 0.271 e. The minimum Gasteiger partial charge on any atom is -0.378 e. The highest BCUT2D eigenvalue weighted by Gasteiger charge is 2.31. The fourth-order valence-corrected chi connectivity index (χ4v) is 4.63. The molecule has 2 unspecified atom stereocenters. The molecule has 2 aromatic rings. The molecule has 1 aromatic heterocycles. The number of thioether (sulfide) groups is 1. The van der Waals surface area contributed by atoms with Crippen molar-refractivity contribution < 1.29 is 9.59 Å². The van der Waals surface area contributed by atoms with Gasteiger partial charge in [-0.05, 0) is 56.7 Å². The first-order chi connectivity index (χ1) is 16.7. The van der Waals surface area contributed by atoms with Gasteiger partial charge in [-0.25, -0.2) is 9.97 Å². The Morgan fingerprint density at radius 2 is 2.00 bits per heavy atom. The molecule has 1 saturated heterocycles. The van der Waals surface area contributed by atoms with Crippen molar-refractivity contribution in [3.63, 3.8) is 0 Å². The van der Waals surface area contributed by atoms with Crippen LogP contribution in [-0.2, 0) is 0 Å². The molecule has 3 rings (SSSR count). The number of benzene rings is 1. The molecule has 35 heavy (non-hydrogen) atoms. The summed E-state index contributed by atoms with van der Waals surface area (Å²) in [6.07, 6.45) is 8.14. The number of aromatic nitrogens is 2. The number of amides is 2. The molecule has 1 fully saturated rings. The van der Waals surface area contributed by atoms with Crippen LogP contribution in [0.2, 0.25) is 0 Å². The molecular formula is C25H35N7O2S. The fraction of sp³-hybridized carbons (Fsp3) is 0.440. The number of carbonyl (C=O) groups excluding carboxylic acids is 2. The van der Waals surface area contributed by atoms with Gasteiger partial charge in [0.1, 0.15) is 5.82 Å². The van der Waals surface area contributed by atoms with Gasteiger partial charge >= 0.3 is 0 Å². The molecule has 1 aliphatic heterocycles. The summed E-state index contributed by atoms with van der Waals surface area (Å²) >= 11 is 1.53. The lowest BCUT2D eigenvalue weighted by Gasteiger charge is -2.40. The van der Waals surface area contributed by atoms with E-state index in [0.29, 0.717) is 17.2 Å². The Hall–Kier alpha value is -3.27. The van der Waals surface area contributed by atoms with Crippen molar-refractivity contribution in [3.05, 3.63) is 52.8 Å². The highest BCUT2D eigenvalue weighted by molar-refractivity contribution is 8.02. The number of piperidine rings is 1. The molecule has 0 bridgehead atoms. The van der Waals surface area contributed by atoms with Crippen LogP contribution >= 0.6 is 11.8 Å². The molecule has 1 aromatic carbocycles. The maximum atomic E-state index is 12.9. The van der Waals surface area contributed by atoms with Crippen molar-refractivity contribution in [3.8, 4) is 0 Å². The minimum absolute atomic E-state index is 0.0125. The number of hydrogen-bond acceptors (Lipinski definition) is 8. The number of anilines is 3. The molecule has 0 aliphatic carbocycles. The SMILES string of the molecule is CC/C=C(/Nc1nc(N2CCCC(NC(=O)c3ccc(N(C)C)cc3)C2C)cnc1C(N)=O)SC. The standard InChI is InChI=1S/C25H35N7O2S/c1-6-8-21(35-5)30-24-22(23(26)33)27-15-20(29-24)32-14-7-9-19(16(32)2)28-25(34)17-10-12-18(13-11-17)31(3)4/h8,10-13,15-16,19H,6-7,9,14H2,1-5H3,(H2,26,33)(H,28,34)(H,29,30)/b21-8-. The van der Waals surface area contributed by atoms with Crippen LogP contribution in [0.4, 0.5) is 17.3 Å². The Bertz CT molecular complexity index is 1070. The van der Waals surface area contributed by atoms with Gasteiger partial charge in [-0.1, -0.05) is 13.0 Å². The quantitative estimate of drug-likeness (QED) is 0.482. The van der Waals surface area contributed by atoms with E-state index in [1.807, 2.05) is 62.5 Å². The van der Waals surface area contributed by atoms with Gasteiger partial charge in [0.2, 0.25) is 0 Å². The van der Waals surface area contributed by atoms with Crippen LogP contribution in [0.1, 0.15) is 54.0 Å². The molecule has 2 heterocycles. The number of rotatable bonds is 9. The molecule has 188 valence electrons. The molecule has 10 heteroatoms. The van der Waals surface area contributed by atoms with Crippen LogP contribution < -0.4 is 26.2 Å². The molecular weight excluding hydrogens is 462 g/mol. The lowest BCUT2D eigenvalue weighted by molar-refractivity contribution is 0.0923. The summed E-state index contributed by atoms with van der Waals surface area (Å²) in [5, 5.41) is 7.27. The smallest absolute Gasteiger partial charge is 0.271 e. The Morgan fingerprint density at radius 1 is 1.29 bits per heavy atom. The topological polar surface area (TPSA) is 116 Å². The molecule has 9 nitrogen and oxygen atoms in total. The second-order valence-corrected chi connectivity index (χ2v) is 9.54. The number of allylic oxidation sites excluding steroid dienone is 1. The molecule has 2 atom stereocenters. The maximum absolute atomic E-state index is 12.9. The zero-order chi connectivity index (χ0) is 25.5. The number of hydrogen-bond donors (Lipinski definition) is 3. The summed E-state index contributed by atoms with van der Waals surface area (Å²) in [5.41, 5.74) is 7.32. The number of nitrogens with zero attached hydrogens (tertiary/aromatic N) is 4. The number of nitrogens with one attached hydrogen (secondary N) is 2. The molecule has 1 aliphatic rings. The van der Waals surface area contributed by atoms with Crippen LogP contribution in [-0.4, -0.2) is 60.8 Å². The molecule has 2 amide bonds. The largest absolute Gasteiger partial charge is 0.378 e. The highest BCUT2D eigenvalue weighted by Crippen LogP contribution is 2.27. The van der Waals surface area contributed by atoms with E-state index in [0.717, 1.165) is 36.5 Å². The van der Waals surface area contributed by atoms with Gasteiger partial charge in [0, 0.05) is 44.0 Å². The minimum atomic E-state index is -0.638. The summed E-state index contributed by atoms with van der Waals surface area (Å²) < 4.78 is 0. The van der Waals surface area contributed by atoms with E-state index in [4.69, 9.17) is 10.7 Å². The third kappa shape index (κ3) is 6.45. The van der Waals surface area contributed by atoms with Gasteiger partial charge in [-0.3, -0.25) is 9.59 Å². The molecule has 4 N–H and O–H groups in total. The highest BCUT2D eigenvalue weighted by atomic mass is 32.2. The number of carbonyl (C=O) groups is 2. The third-order valence-electron chi connectivity index (χ3n) is 6.09. The lowest BCUT2D eigenvalue weighted by Crippen LogP contribution is -2.54. The summed E-state index contributed by atoms with van der Waals surface area (Å²) in [4.78, 5) is 38.0. The lowest BCUT2D eigenvalue weighted by atomic mass is 9.97. The zero-order valence-electron chi connectivity index (χ0n) is 21.0. The van der Waals surface area contributed by atoms with Crippen LogP contribution in [0.3, 0.4) is 0 Å². The first-order valence-corrected chi connectivity index (χ1v) is 13.0. The van der Waals surface area contributed by atoms with Crippen molar-refractivity contribution in [2.45, 2.75) is 45.2 Å². The van der Waals surface area contributed by atoms with Gasteiger partial charge in [-0.2, -0.15) is 0 Å².